The van der Waals surface area contributed by atoms with E-state index in [-0.39, 0.29) is 6.54 Å². The van der Waals surface area contributed by atoms with Crippen LogP contribution < -0.4 is 0 Å². The maximum Gasteiger partial charge on any atom is 0.263 e. The summed E-state index contributed by atoms with van der Waals surface area (Å²) >= 11 is 0. The zero-order chi connectivity index (χ0) is 14.0. The maximum absolute atomic E-state index is 13.5. The van der Waals surface area contributed by atoms with E-state index in [2.05, 4.69) is 9.97 Å². The van der Waals surface area contributed by atoms with Gasteiger partial charge in [0.2, 0.25) is 5.03 Å². The van der Waals surface area contributed by atoms with E-state index in [1.165, 1.54) is 19.3 Å². The van der Waals surface area contributed by atoms with Crippen molar-refractivity contribution in [2.75, 3.05) is 7.05 Å². The Balaban J connectivity index is 2.30. The molecule has 2 heterocycles. The molecule has 8 heteroatoms. The lowest BCUT2D eigenvalue weighted by atomic mass is 10.5. The van der Waals surface area contributed by atoms with Crippen molar-refractivity contribution in [3.63, 3.8) is 0 Å². The van der Waals surface area contributed by atoms with Crippen LogP contribution in [0, 0.1) is 5.82 Å². The minimum absolute atomic E-state index is 0.0435. The molecule has 6 nitrogen and oxygen atoms in total. The number of aryl methyl sites for hydroxylation is 1. The second-order valence-electron chi connectivity index (χ2n) is 4.01. The number of hydrogen-bond acceptors (Lipinski definition) is 4. The maximum atomic E-state index is 13.5. The number of nitrogens with zero attached hydrogens (tertiary/aromatic N) is 4. The first-order chi connectivity index (χ1) is 8.93. The molecule has 0 aliphatic heterocycles. The number of imidazole rings is 1. The quantitative estimate of drug-likeness (QED) is 0.832. The zero-order valence-corrected chi connectivity index (χ0v) is 11.3. The van der Waals surface area contributed by atoms with Crippen LogP contribution in [0.25, 0.3) is 0 Å². The van der Waals surface area contributed by atoms with Crippen LogP contribution in [0.15, 0.2) is 35.7 Å². The van der Waals surface area contributed by atoms with Crippen molar-refractivity contribution in [3.05, 3.63) is 42.4 Å². The molecule has 0 aliphatic rings. The van der Waals surface area contributed by atoms with Gasteiger partial charge in [-0.2, -0.15) is 4.31 Å². The molecule has 0 radical (unpaired) electrons. The molecular formula is C11H13FN4O2S. The zero-order valence-electron chi connectivity index (χ0n) is 10.5. The van der Waals surface area contributed by atoms with Crippen molar-refractivity contribution >= 4 is 10.0 Å². The topological polar surface area (TPSA) is 68.1 Å². The van der Waals surface area contributed by atoms with Gasteiger partial charge in [-0.05, 0) is 12.1 Å². The molecule has 0 aromatic carbocycles. The summed E-state index contributed by atoms with van der Waals surface area (Å²) in [5, 5.41) is -0.577. The van der Waals surface area contributed by atoms with Crippen LogP contribution in [-0.4, -0.2) is 34.3 Å². The largest absolute Gasteiger partial charge is 0.337 e. The average molecular weight is 284 g/mol. The normalized spacial score (nSPS) is 12.0. The van der Waals surface area contributed by atoms with Gasteiger partial charge >= 0.3 is 0 Å². The van der Waals surface area contributed by atoms with E-state index in [4.69, 9.17) is 0 Å². The van der Waals surface area contributed by atoms with Gasteiger partial charge in [-0.3, -0.25) is 0 Å². The average Bonchev–Trinajstić information content (AvgIpc) is 2.75. The molecule has 0 bridgehead atoms. The molecule has 0 N–H and O–H groups in total. The van der Waals surface area contributed by atoms with Gasteiger partial charge in [-0.15, -0.1) is 0 Å². The highest BCUT2D eigenvalue weighted by Crippen LogP contribution is 2.16. The van der Waals surface area contributed by atoms with Crippen molar-refractivity contribution in [1.29, 1.82) is 0 Å². The van der Waals surface area contributed by atoms with Crippen LogP contribution in [0.4, 0.5) is 4.39 Å². The van der Waals surface area contributed by atoms with E-state index >= 15 is 0 Å². The van der Waals surface area contributed by atoms with Crippen molar-refractivity contribution in [1.82, 2.24) is 18.8 Å². The third-order valence-corrected chi connectivity index (χ3v) is 4.40. The molecule has 0 atom stereocenters. The second kappa shape index (κ2) is 5.06. The molecule has 19 heavy (non-hydrogen) atoms. The summed E-state index contributed by atoms with van der Waals surface area (Å²) in [4.78, 5) is 7.62. The van der Waals surface area contributed by atoms with Crippen molar-refractivity contribution in [3.8, 4) is 0 Å². The van der Waals surface area contributed by atoms with Gasteiger partial charge in [0.05, 0.1) is 6.54 Å². The Morgan fingerprint density at radius 3 is 2.68 bits per heavy atom. The summed E-state index contributed by atoms with van der Waals surface area (Å²) < 4.78 is 40.6. The number of pyridine rings is 1. The lowest BCUT2D eigenvalue weighted by Crippen LogP contribution is -2.29. The Hall–Kier alpha value is -1.80. The highest BCUT2D eigenvalue weighted by atomic mass is 32.2. The van der Waals surface area contributed by atoms with Crippen LogP contribution in [0.2, 0.25) is 0 Å². The fraction of sp³-hybridized carbons (Fsp3) is 0.273. The molecule has 2 aromatic heterocycles. The molecule has 0 spiro atoms. The number of aromatic nitrogens is 3. The van der Waals surface area contributed by atoms with Crippen LogP contribution >= 0.6 is 0 Å². The molecule has 0 unspecified atom stereocenters. The minimum atomic E-state index is -3.97. The third kappa shape index (κ3) is 2.64. The molecule has 2 aromatic rings. The van der Waals surface area contributed by atoms with Crippen LogP contribution in [0.5, 0.6) is 0 Å². The molecule has 0 saturated carbocycles. The lowest BCUT2D eigenvalue weighted by Gasteiger charge is -2.16. The fourth-order valence-corrected chi connectivity index (χ4v) is 2.63. The van der Waals surface area contributed by atoms with Crippen molar-refractivity contribution in [2.24, 2.45) is 7.05 Å². The first kappa shape index (κ1) is 13.6. The lowest BCUT2D eigenvalue weighted by molar-refractivity contribution is 0.441. The van der Waals surface area contributed by atoms with Crippen molar-refractivity contribution in [2.45, 2.75) is 11.6 Å². The highest BCUT2D eigenvalue weighted by Gasteiger charge is 2.26. The van der Waals surface area contributed by atoms with E-state index in [1.807, 2.05) is 0 Å². The standard InChI is InChI=1S/C11H13FN4O2S/c1-15-7-6-13-10(15)8-16(2)19(17,18)11-9(12)4-3-5-14-11/h3-7H,8H2,1-2H3. The Labute approximate surface area is 110 Å². The summed E-state index contributed by atoms with van der Waals surface area (Å²) in [5.41, 5.74) is 0. The third-order valence-electron chi connectivity index (χ3n) is 2.66. The van der Waals surface area contributed by atoms with E-state index in [0.29, 0.717) is 5.82 Å². The van der Waals surface area contributed by atoms with Gasteiger partial charge in [-0.1, -0.05) is 0 Å². The van der Waals surface area contributed by atoms with Gasteiger partial charge < -0.3 is 4.57 Å². The number of halogens is 1. The smallest absolute Gasteiger partial charge is 0.263 e. The predicted octanol–water partition coefficient (Wildman–Crippen LogP) is 0.775. The van der Waals surface area contributed by atoms with Gasteiger partial charge in [0, 0.05) is 32.7 Å². The molecule has 2 rings (SSSR count). The molecule has 0 amide bonds. The number of rotatable bonds is 4. The molecule has 102 valence electrons. The Morgan fingerprint density at radius 1 is 1.37 bits per heavy atom. The first-order valence-electron chi connectivity index (χ1n) is 5.46. The van der Waals surface area contributed by atoms with E-state index in [9.17, 15) is 12.8 Å². The molecule has 0 aliphatic carbocycles. The molecule has 0 saturated heterocycles. The minimum Gasteiger partial charge on any atom is -0.337 e. The van der Waals surface area contributed by atoms with E-state index in [1.54, 1.807) is 24.0 Å². The molecule has 0 fully saturated rings. The Morgan fingerprint density at radius 2 is 2.11 bits per heavy atom. The fourth-order valence-electron chi connectivity index (χ4n) is 1.54. The van der Waals surface area contributed by atoms with Gasteiger partial charge in [0.1, 0.15) is 5.82 Å². The highest BCUT2D eigenvalue weighted by molar-refractivity contribution is 7.89. The predicted molar refractivity (Wildman–Crippen MR) is 66.1 cm³/mol. The monoisotopic (exact) mass is 284 g/mol. The summed E-state index contributed by atoms with van der Waals surface area (Å²) in [7, 11) is -0.855. The Bertz CT molecular complexity index is 684. The molecular weight excluding hydrogens is 271 g/mol. The second-order valence-corrected chi connectivity index (χ2v) is 5.97. The van der Waals surface area contributed by atoms with Crippen LogP contribution in [0.1, 0.15) is 5.82 Å². The van der Waals surface area contributed by atoms with Gasteiger partial charge in [-0.25, -0.2) is 22.8 Å². The van der Waals surface area contributed by atoms with Crippen LogP contribution in [0.3, 0.4) is 0 Å². The van der Waals surface area contributed by atoms with Crippen LogP contribution in [-0.2, 0) is 23.6 Å². The summed E-state index contributed by atoms with van der Waals surface area (Å²) in [6.07, 6.45) is 4.51. The van der Waals surface area contributed by atoms with E-state index in [0.717, 1.165) is 10.4 Å². The first-order valence-corrected chi connectivity index (χ1v) is 6.90. The Kier molecular flexibility index (Phi) is 3.63. The van der Waals surface area contributed by atoms with Gasteiger partial charge in [0.15, 0.2) is 5.82 Å². The summed E-state index contributed by atoms with van der Waals surface area (Å²) in [6, 6.07) is 2.40. The SMILES string of the molecule is CN(Cc1nccn1C)S(=O)(=O)c1ncccc1F. The van der Waals surface area contributed by atoms with Crippen molar-refractivity contribution < 1.29 is 12.8 Å². The summed E-state index contributed by atoms with van der Waals surface area (Å²) in [5.74, 6) is -0.309. The number of sulfonamides is 1. The number of hydrogen-bond donors (Lipinski definition) is 0. The van der Waals surface area contributed by atoms with Gasteiger partial charge in [0.25, 0.3) is 10.0 Å². The van der Waals surface area contributed by atoms with E-state index < -0.39 is 20.9 Å². The summed E-state index contributed by atoms with van der Waals surface area (Å²) in [6.45, 7) is 0.0435.